The van der Waals surface area contributed by atoms with Crippen LogP contribution in [0.25, 0.3) is 0 Å². The maximum atomic E-state index is 14.8. The predicted octanol–water partition coefficient (Wildman–Crippen LogP) is 4.64. The number of hydrogen-bond donors (Lipinski definition) is 1. The maximum absolute atomic E-state index is 14.8. The zero-order valence-corrected chi connectivity index (χ0v) is 18.1. The van der Waals surface area contributed by atoms with Gasteiger partial charge in [0.1, 0.15) is 11.9 Å². The van der Waals surface area contributed by atoms with Gasteiger partial charge in [-0.3, -0.25) is 9.88 Å². The molecule has 6 heteroatoms. The SMILES string of the molecule is CCCc1ccc(CN2CCN(c3c(F)cccc3[C@@H](O)c3ccccn3)CC2)s1. The van der Waals surface area contributed by atoms with Gasteiger partial charge in [-0.25, -0.2) is 4.39 Å². The average molecular weight is 426 g/mol. The molecule has 3 aromatic rings. The molecule has 1 N–H and O–H groups in total. The molecule has 4 nitrogen and oxygen atoms in total. The number of aromatic nitrogens is 1. The van der Waals surface area contributed by atoms with Crippen molar-refractivity contribution in [1.82, 2.24) is 9.88 Å². The van der Waals surface area contributed by atoms with E-state index >= 15 is 0 Å². The van der Waals surface area contributed by atoms with E-state index in [1.54, 1.807) is 30.5 Å². The van der Waals surface area contributed by atoms with E-state index in [0.717, 1.165) is 39.1 Å². The summed E-state index contributed by atoms with van der Waals surface area (Å²) in [5, 5.41) is 10.9. The molecule has 0 saturated carbocycles. The molecule has 1 aliphatic heterocycles. The van der Waals surface area contributed by atoms with Crippen LogP contribution in [0.2, 0.25) is 0 Å². The Balaban J connectivity index is 1.45. The number of pyridine rings is 1. The molecular weight excluding hydrogens is 397 g/mol. The van der Waals surface area contributed by atoms with E-state index in [2.05, 4.69) is 33.8 Å². The molecule has 1 aliphatic rings. The molecule has 158 valence electrons. The number of halogens is 1. The summed E-state index contributed by atoms with van der Waals surface area (Å²) in [6, 6.07) is 14.8. The van der Waals surface area contributed by atoms with Crippen molar-refractivity contribution in [3.05, 3.63) is 81.6 Å². The standard InChI is InChI=1S/C24H28FN3OS/c1-2-6-18-10-11-19(30-18)17-27-13-15-28(16-14-27)23-20(7-5-8-21(23)25)24(29)22-9-3-4-12-26-22/h3-5,7-12,24,29H,2,6,13-17H2,1H3/t24-/m1/s1. The molecule has 1 atom stereocenters. The van der Waals surface area contributed by atoms with Crippen LogP contribution < -0.4 is 4.90 Å². The number of anilines is 1. The minimum absolute atomic E-state index is 0.293. The highest BCUT2D eigenvalue weighted by Gasteiger charge is 2.25. The van der Waals surface area contributed by atoms with Crippen molar-refractivity contribution in [2.24, 2.45) is 0 Å². The van der Waals surface area contributed by atoms with Gasteiger partial charge in [-0.1, -0.05) is 31.5 Å². The van der Waals surface area contributed by atoms with Gasteiger partial charge in [-0.2, -0.15) is 0 Å². The monoisotopic (exact) mass is 425 g/mol. The summed E-state index contributed by atoms with van der Waals surface area (Å²) in [6.07, 6.45) is 3.02. The van der Waals surface area contributed by atoms with Gasteiger partial charge in [0.05, 0.1) is 11.4 Å². The van der Waals surface area contributed by atoms with E-state index in [0.29, 0.717) is 16.9 Å². The van der Waals surface area contributed by atoms with Gasteiger partial charge in [-0.15, -0.1) is 11.3 Å². The maximum Gasteiger partial charge on any atom is 0.146 e. The zero-order chi connectivity index (χ0) is 20.9. The second-order valence-corrected chi connectivity index (χ2v) is 8.97. The van der Waals surface area contributed by atoms with Crippen molar-refractivity contribution in [2.75, 3.05) is 31.1 Å². The molecule has 1 aromatic carbocycles. The lowest BCUT2D eigenvalue weighted by atomic mass is 10.0. The van der Waals surface area contributed by atoms with Crippen molar-refractivity contribution in [3.63, 3.8) is 0 Å². The second kappa shape index (κ2) is 9.69. The van der Waals surface area contributed by atoms with E-state index in [1.165, 1.54) is 22.2 Å². The summed E-state index contributed by atoms with van der Waals surface area (Å²) in [4.78, 5) is 11.6. The first-order valence-electron chi connectivity index (χ1n) is 10.6. The molecule has 0 amide bonds. The van der Waals surface area contributed by atoms with E-state index in [-0.39, 0.29) is 5.82 Å². The van der Waals surface area contributed by atoms with Crippen LogP contribution in [-0.4, -0.2) is 41.2 Å². The van der Waals surface area contributed by atoms with Crippen molar-refractivity contribution < 1.29 is 9.50 Å². The summed E-state index contributed by atoms with van der Waals surface area (Å²) in [5.41, 5.74) is 1.60. The van der Waals surface area contributed by atoms with Crippen LogP contribution in [0.15, 0.2) is 54.7 Å². The molecule has 2 aromatic heterocycles. The minimum atomic E-state index is -0.946. The molecule has 4 rings (SSSR count). The van der Waals surface area contributed by atoms with Crippen molar-refractivity contribution in [1.29, 1.82) is 0 Å². The number of nitrogens with zero attached hydrogens (tertiary/aromatic N) is 3. The third-order valence-electron chi connectivity index (χ3n) is 5.56. The fraction of sp³-hybridized carbons (Fsp3) is 0.375. The number of aliphatic hydroxyl groups excluding tert-OH is 1. The highest BCUT2D eigenvalue weighted by atomic mass is 32.1. The zero-order valence-electron chi connectivity index (χ0n) is 17.3. The van der Waals surface area contributed by atoms with Gasteiger partial charge in [0.15, 0.2) is 0 Å². The second-order valence-electron chi connectivity index (χ2n) is 7.72. The third-order valence-corrected chi connectivity index (χ3v) is 6.69. The number of aliphatic hydroxyl groups is 1. The highest BCUT2D eigenvalue weighted by molar-refractivity contribution is 7.11. The number of aryl methyl sites for hydroxylation is 1. The Morgan fingerprint density at radius 2 is 1.83 bits per heavy atom. The lowest BCUT2D eigenvalue weighted by molar-refractivity contribution is 0.213. The normalized spacial score (nSPS) is 16.0. The first kappa shape index (κ1) is 21.0. The van der Waals surface area contributed by atoms with Crippen molar-refractivity contribution >= 4 is 17.0 Å². The van der Waals surface area contributed by atoms with E-state index in [9.17, 15) is 9.50 Å². The molecule has 0 bridgehead atoms. The Morgan fingerprint density at radius 1 is 1.03 bits per heavy atom. The summed E-state index contributed by atoms with van der Waals surface area (Å²) in [5.74, 6) is -0.293. The molecule has 0 unspecified atom stereocenters. The van der Waals surface area contributed by atoms with Crippen LogP contribution in [0, 0.1) is 5.82 Å². The Kier molecular flexibility index (Phi) is 6.77. The first-order chi connectivity index (χ1) is 14.7. The summed E-state index contributed by atoms with van der Waals surface area (Å²) in [7, 11) is 0. The third kappa shape index (κ3) is 4.72. The quantitative estimate of drug-likeness (QED) is 0.599. The first-order valence-corrected chi connectivity index (χ1v) is 11.4. The van der Waals surface area contributed by atoms with E-state index in [1.807, 2.05) is 17.4 Å². The van der Waals surface area contributed by atoms with Crippen LogP contribution in [-0.2, 0) is 13.0 Å². The largest absolute Gasteiger partial charge is 0.382 e. The minimum Gasteiger partial charge on any atom is -0.382 e. The topological polar surface area (TPSA) is 39.6 Å². The molecule has 1 fully saturated rings. The van der Waals surface area contributed by atoms with Crippen molar-refractivity contribution in [3.8, 4) is 0 Å². The molecule has 1 saturated heterocycles. The summed E-state index contributed by atoms with van der Waals surface area (Å²) >= 11 is 1.90. The van der Waals surface area contributed by atoms with Crippen LogP contribution in [0.1, 0.15) is 40.5 Å². The Labute approximate surface area is 181 Å². The van der Waals surface area contributed by atoms with Gasteiger partial charge in [0.25, 0.3) is 0 Å². The van der Waals surface area contributed by atoms with Crippen LogP contribution in [0.5, 0.6) is 0 Å². The van der Waals surface area contributed by atoms with Gasteiger partial charge >= 0.3 is 0 Å². The summed E-state index contributed by atoms with van der Waals surface area (Å²) < 4.78 is 14.8. The Bertz CT molecular complexity index is 954. The van der Waals surface area contributed by atoms with Gasteiger partial charge in [0, 0.05) is 54.2 Å². The van der Waals surface area contributed by atoms with E-state index in [4.69, 9.17) is 0 Å². The molecule has 3 heterocycles. The molecule has 0 aliphatic carbocycles. The Morgan fingerprint density at radius 3 is 2.57 bits per heavy atom. The number of benzene rings is 1. The number of rotatable bonds is 7. The van der Waals surface area contributed by atoms with Gasteiger partial charge < -0.3 is 10.0 Å². The lowest BCUT2D eigenvalue weighted by Gasteiger charge is -2.37. The average Bonchev–Trinajstić information content (AvgIpc) is 3.21. The molecular formula is C24H28FN3OS. The Hall–Kier alpha value is -2.28. The fourth-order valence-corrected chi connectivity index (χ4v) is 5.18. The van der Waals surface area contributed by atoms with E-state index < -0.39 is 6.10 Å². The molecule has 0 radical (unpaired) electrons. The number of para-hydroxylation sites is 1. The number of piperazine rings is 1. The fourth-order valence-electron chi connectivity index (χ4n) is 4.02. The molecule has 30 heavy (non-hydrogen) atoms. The van der Waals surface area contributed by atoms with Gasteiger partial charge in [-0.05, 0) is 36.8 Å². The van der Waals surface area contributed by atoms with Crippen molar-refractivity contribution in [2.45, 2.75) is 32.4 Å². The predicted molar refractivity (Wildman–Crippen MR) is 121 cm³/mol. The smallest absolute Gasteiger partial charge is 0.146 e. The number of thiophene rings is 1. The highest BCUT2D eigenvalue weighted by Crippen LogP contribution is 2.33. The lowest BCUT2D eigenvalue weighted by Crippen LogP contribution is -2.46. The summed E-state index contributed by atoms with van der Waals surface area (Å²) in [6.45, 7) is 6.36. The van der Waals surface area contributed by atoms with Gasteiger partial charge in [0.2, 0.25) is 0 Å². The number of hydrogen-bond acceptors (Lipinski definition) is 5. The van der Waals surface area contributed by atoms with Crippen LogP contribution in [0.3, 0.4) is 0 Å². The molecule has 0 spiro atoms. The van der Waals surface area contributed by atoms with Crippen LogP contribution >= 0.6 is 11.3 Å². The van der Waals surface area contributed by atoms with Crippen LogP contribution in [0.4, 0.5) is 10.1 Å².